The zero-order valence-corrected chi connectivity index (χ0v) is 15.0. The predicted molar refractivity (Wildman–Crippen MR) is 108 cm³/mol. The minimum absolute atomic E-state index is 0.616. The molecule has 1 aliphatic heterocycles. The van der Waals surface area contributed by atoms with Crippen LogP contribution in [0.3, 0.4) is 0 Å². The van der Waals surface area contributed by atoms with E-state index in [-0.39, 0.29) is 0 Å². The van der Waals surface area contributed by atoms with Gasteiger partial charge in [-0.05, 0) is 79.9 Å². The van der Waals surface area contributed by atoms with E-state index in [1.165, 1.54) is 43.6 Å². The van der Waals surface area contributed by atoms with Crippen molar-refractivity contribution in [1.82, 2.24) is 0 Å². The zero-order valence-electron chi connectivity index (χ0n) is 14.2. The average Bonchev–Trinajstić information content (AvgIpc) is 2.64. The second kappa shape index (κ2) is 8.15. The van der Waals surface area contributed by atoms with Crippen molar-refractivity contribution in [1.29, 1.82) is 0 Å². The van der Waals surface area contributed by atoms with E-state index in [4.69, 9.17) is 12.2 Å². The fourth-order valence-corrected chi connectivity index (χ4v) is 3.26. The maximum absolute atomic E-state index is 5.40. The second-order valence-electron chi connectivity index (χ2n) is 6.22. The van der Waals surface area contributed by atoms with Gasteiger partial charge >= 0.3 is 0 Å². The highest BCUT2D eigenvalue weighted by Crippen LogP contribution is 2.22. The molecule has 0 radical (unpaired) electrons. The van der Waals surface area contributed by atoms with Crippen LogP contribution < -0.4 is 15.5 Å². The Balaban J connectivity index is 1.55. The molecule has 0 saturated carbocycles. The van der Waals surface area contributed by atoms with E-state index in [2.05, 4.69) is 71.0 Å². The lowest BCUT2D eigenvalue weighted by Gasteiger charge is -2.28. The van der Waals surface area contributed by atoms with Crippen molar-refractivity contribution >= 4 is 34.4 Å². The Bertz CT molecular complexity index is 658. The van der Waals surface area contributed by atoms with E-state index in [0.717, 1.165) is 17.8 Å². The number of thiocarbonyl (C=S) groups is 1. The van der Waals surface area contributed by atoms with Gasteiger partial charge < -0.3 is 15.5 Å². The number of hydrogen-bond acceptors (Lipinski definition) is 2. The summed E-state index contributed by atoms with van der Waals surface area (Å²) < 4.78 is 0. The van der Waals surface area contributed by atoms with Gasteiger partial charge in [-0.2, -0.15) is 0 Å². The van der Waals surface area contributed by atoms with Crippen LogP contribution in [0.4, 0.5) is 17.1 Å². The summed E-state index contributed by atoms with van der Waals surface area (Å²) in [5.74, 6) is 0. The van der Waals surface area contributed by atoms with Gasteiger partial charge in [-0.15, -0.1) is 0 Å². The molecule has 0 spiro atoms. The molecule has 0 bridgehead atoms. The van der Waals surface area contributed by atoms with Crippen LogP contribution in [-0.4, -0.2) is 18.2 Å². The summed E-state index contributed by atoms with van der Waals surface area (Å²) in [5.41, 5.74) is 4.65. The largest absolute Gasteiger partial charge is 0.372 e. The van der Waals surface area contributed by atoms with Crippen molar-refractivity contribution < 1.29 is 0 Å². The lowest BCUT2D eigenvalue weighted by atomic mass is 10.1. The smallest absolute Gasteiger partial charge is 0.175 e. The molecule has 1 aliphatic rings. The van der Waals surface area contributed by atoms with Gasteiger partial charge in [0.15, 0.2) is 5.11 Å². The van der Waals surface area contributed by atoms with Gasteiger partial charge in [0.05, 0.1) is 0 Å². The maximum Gasteiger partial charge on any atom is 0.175 e. The van der Waals surface area contributed by atoms with Crippen molar-refractivity contribution in [2.75, 3.05) is 28.6 Å². The van der Waals surface area contributed by atoms with Gasteiger partial charge in [-0.25, -0.2) is 0 Å². The van der Waals surface area contributed by atoms with Crippen LogP contribution >= 0.6 is 12.2 Å². The molecule has 0 atom stereocenters. The molecule has 1 heterocycles. The van der Waals surface area contributed by atoms with Gasteiger partial charge in [0.1, 0.15) is 0 Å². The van der Waals surface area contributed by atoms with E-state index < -0.39 is 0 Å². The summed E-state index contributed by atoms with van der Waals surface area (Å²) in [7, 11) is 0. The van der Waals surface area contributed by atoms with Crippen molar-refractivity contribution in [3.05, 3.63) is 54.1 Å². The molecule has 2 N–H and O–H groups in total. The summed E-state index contributed by atoms with van der Waals surface area (Å²) in [5, 5.41) is 7.10. The van der Waals surface area contributed by atoms with Crippen LogP contribution in [-0.2, 0) is 6.42 Å². The SMILES string of the molecule is CCc1ccc(NC(=S)Nc2ccc(N3CCCCC3)cc2)cc1. The molecule has 3 nitrogen and oxygen atoms in total. The summed E-state index contributed by atoms with van der Waals surface area (Å²) in [4.78, 5) is 2.46. The summed E-state index contributed by atoms with van der Waals surface area (Å²) in [6.07, 6.45) is 5.00. The van der Waals surface area contributed by atoms with E-state index >= 15 is 0 Å². The Morgan fingerprint density at radius 1 is 0.875 bits per heavy atom. The standard InChI is InChI=1S/C20H25N3S/c1-2-16-6-8-17(9-7-16)21-20(24)22-18-10-12-19(13-11-18)23-14-4-3-5-15-23/h6-13H,2-5,14-15H2,1H3,(H2,21,22,24). The van der Waals surface area contributed by atoms with E-state index in [9.17, 15) is 0 Å². The lowest BCUT2D eigenvalue weighted by molar-refractivity contribution is 0.578. The molecular formula is C20H25N3S. The van der Waals surface area contributed by atoms with Crippen LogP contribution in [0.1, 0.15) is 31.7 Å². The van der Waals surface area contributed by atoms with Crippen LogP contribution in [0.2, 0.25) is 0 Å². The molecule has 0 unspecified atom stereocenters. The van der Waals surface area contributed by atoms with E-state index in [1.54, 1.807) is 0 Å². The molecule has 2 aromatic rings. The third-order valence-corrected chi connectivity index (χ3v) is 4.67. The van der Waals surface area contributed by atoms with E-state index in [1.807, 2.05) is 0 Å². The number of anilines is 3. The highest BCUT2D eigenvalue weighted by molar-refractivity contribution is 7.80. The first kappa shape index (κ1) is 16.8. The molecule has 1 saturated heterocycles. The van der Waals surface area contributed by atoms with Gasteiger partial charge in [-0.3, -0.25) is 0 Å². The average molecular weight is 340 g/mol. The normalized spacial score (nSPS) is 14.3. The Hall–Kier alpha value is -2.07. The number of aryl methyl sites for hydroxylation is 1. The zero-order chi connectivity index (χ0) is 16.8. The minimum Gasteiger partial charge on any atom is -0.372 e. The van der Waals surface area contributed by atoms with Crippen molar-refractivity contribution in [3.63, 3.8) is 0 Å². The summed E-state index contributed by atoms with van der Waals surface area (Å²) in [6.45, 7) is 4.49. The molecule has 126 valence electrons. The number of nitrogens with zero attached hydrogens (tertiary/aromatic N) is 1. The molecule has 1 fully saturated rings. The summed E-state index contributed by atoms with van der Waals surface area (Å²) >= 11 is 5.40. The number of nitrogens with one attached hydrogen (secondary N) is 2. The van der Waals surface area contributed by atoms with Crippen LogP contribution in [0.15, 0.2) is 48.5 Å². The van der Waals surface area contributed by atoms with Crippen molar-refractivity contribution in [3.8, 4) is 0 Å². The third kappa shape index (κ3) is 4.48. The quantitative estimate of drug-likeness (QED) is 0.762. The molecular weight excluding hydrogens is 314 g/mol. The number of rotatable bonds is 4. The first-order valence-corrected chi connectivity index (χ1v) is 9.17. The molecule has 2 aromatic carbocycles. The minimum atomic E-state index is 0.616. The molecule has 4 heteroatoms. The number of hydrogen-bond donors (Lipinski definition) is 2. The summed E-state index contributed by atoms with van der Waals surface area (Å²) in [6, 6.07) is 16.9. The third-order valence-electron chi connectivity index (χ3n) is 4.47. The fourth-order valence-electron chi connectivity index (χ4n) is 3.02. The Morgan fingerprint density at radius 3 is 1.96 bits per heavy atom. The van der Waals surface area contributed by atoms with Crippen LogP contribution in [0, 0.1) is 0 Å². The van der Waals surface area contributed by atoms with Gasteiger partial charge in [0.2, 0.25) is 0 Å². The highest BCUT2D eigenvalue weighted by Gasteiger charge is 2.10. The van der Waals surface area contributed by atoms with E-state index in [0.29, 0.717) is 5.11 Å². The number of benzene rings is 2. The van der Waals surface area contributed by atoms with Gasteiger partial charge in [0, 0.05) is 30.2 Å². The Labute approximate surface area is 150 Å². The lowest BCUT2D eigenvalue weighted by Crippen LogP contribution is -2.29. The molecule has 0 amide bonds. The maximum atomic E-state index is 5.40. The molecule has 0 aliphatic carbocycles. The Kier molecular flexibility index (Phi) is 5.70. The molecule has 24 heavy (non-hydrogen) atoms. The predicted octanol–water partition coefficient (Wildman–Crippen LogP) is 5.05. The molecule has 3 rings (SSSR count). The molecule has 0 aromatic heterocycles. The topological polar surface area (TPSA) is 27.3 Å². The van der Waals surface area contributed by atoms with Gasteiger partial charge in [-0.1, -0.05) is 19.1 Å². The van der Waals surface area contributed by atoms with Crippen molar-refractivity contribution in [2.24, 2.45) is 0 Å². The monoisotopic (exact) mass is 339 g/mol. The first-order valence-electron chi connectivity index (χ1n) is 8.76. The highest BCUT2D eigenvalue weighted by atomic mass is 32.1. The second-order valence-corrected chi connectivity index (χ2v) is 6.63. The van der Waals surface area contributed by atoms with Crippen LogP contribution in [0.25, 0.3) is 0 Å². The van der Waals surface area contributed by atoms with Crippen molar-refractivity contribution in [2.45, 2.75) is 32.6 Å². The fraction of sp³-hybridized carbons (Fsp3) is 0.350. The van der Waals surface area contributed by atoms with Crippen LogP contribution in [0.5, 0.6) is 0 Å². The number of piperidine rings is 1. The van der Waals surface area contributed by atoms with Gasteiger partial charge in [0.25, 0.3) is 0 Å². The first-order chi connectivity index (χ1) is 11.7. The Morgan fingerprint density at radius 2 is 1.42 bits per heavy atom.